The Hall–Kier alpha value is -3.08. The van der Waals surface area contributed by atoms with E-state index >= 15 is 0 Å². The molecule has 0 radical (unpaired) electrons. The Morgan fingerprint density at radius 1 is 1.06 bits per heavy atom. The minimum atomic E-state index is -4.07. The van der Waals surface area contributed by atoms with Gasteiger partial charge in [-0.3, -0.25) is 4.79 Å². The topological polar surface area (TPSA) is 94.1 Å². The number of para-hydroxylation sites is 1. The Morgan fingerprint density at radius 2 is 1.74 bits per heavy atom. The first-order valence-corrected chi connectivity index (χ1v) is 13.2. The van der Waals surface area contributed by atoms with Crippen molar-refractivity contribution in [3.05, 3.63) is 87.7 Å². The van der Waals surface area contributed by atoms with Crippen LogP contribution in [0.5, 0.6) is 11.5 Å². The molecule has 0 spiro atoms. The Bertz CT molecular complexity index is 1380. The standard InChI is InChI=1S/C24H19BrN2O5S2/c1-2-31-20-14-16(13-19(25)22(20)32-34(29,30)18-11-7-4-8-12-18)15-21-23(28)27-24(33-21)26-17-9-5-3-6-10-17/h3-15H,2H2,1H3,(H,26,27,28)/b21-15-. The fourth-order valence-corrected chi connectivity index (χ4v) is 5.48. The number of halogens is 1. The summed E-state index contributed by atoms with van der Waals surface area (Å²) in [5.41, 5.74) is 1.35. The van der Waals surface area contributed by atoms with E-state index in [2.05, 4.69) is 26.2 Å². The fraction of sp³-hybridized carbons (Fsp3) is 0.0833. The van der Waals surface area contributed by atoms with E-state index in [4.69, 9.17) is 8.92 Å². The van der Waals surface area contributed by atoms with Gasteiger partial charge in [0.05, 0.1) is 21.7 Å². The summed E-state index contributed by atoms with van der Waals surface area (Å²) in [4.78, 5) is 17.4. The van der Waals surface area contributed by atoms with Gasteiger partial charge in [-0.1, -0.05) is 36.4 Å². The maximum Gasteiger partial charge on any atom is 0.339 e. The number of hydrogen-bond acceptors (Lipinski definition) is 7. The molecule has 0 unspecified atom stereocenters. The predicted molar refractivity (Wildman–Crippen MR) is 137 cm³/mol. The maximum atomic E-state index is 12.7. The van der Waals surface area contributed by atoms with E-state index in [-0.39, 0.29) is 28.9 Å². The first-order valence-electron chi connectivity index (χ1n) is 10.2. The highest BCUT2D eigenvalue weighted by Gasteiger charge is 2.25. The monoisotopic (exact) mass is 558 g/mol. The third-order valence-corrected chi connectivity index (χ3v) is 7.23. The maximum absolute atomic E-state index is 12.7. The fourth-order valence-electron chi connectivity index (χ4n) is 3.01. The highest BCUT2D eigenvalue weighted by Crippen LogP contribution is 2.40. The molecule has 0 aliphatic carbocycles. The number of carbonyl (C=O) groups excluding carboxylic acids is 1. The molecule has 1 heterocycles. The summed E-state index contributed by atoms with van der Waals surface area (Å²) in [6, 6.07) is 20.4. The van der Waals surface area contributed by atoms with Crippen LogP contribution in [0.4, 0.5) is 5.69 Å². The van der Waals surface area contributed by atoms with Gasteiger partial charge in [0, 0.05) is 0 Å². The Labute approximate surface area is 210 Å². The normalized spacial score (nSPS) is 16.0. The van der Waals surface area contributed by atoms with Gasteiger partial charge in [-0.2, -0.15) is 8.42 Å². The lowest BCUT2D eigenvalue weighted by Gasteiger charge is -2.14. The molecule has 34 heavy (non-hydrogen) atoms. The number of amides is 1. The molecule has 3 aromatic rings. The van der Waals surface area contributed by atoms with Gasteiger partial charge in [-0.15, -0.1) is 0 Å². The largest absolute Gasteiger partial charge is 0.490 e. The van der Waals surface area contributed by atoms with Gasteiger partial charge in [0.2, 0.25) is 0 Å². The van der Waals surface area contributed by atoms with Gasteiger partial charge in [-0.05, 0) is 82.7 Å². The van der Waals surface area contributed by atoms with Crippen molar-refractivity contribution in [1.82, 2.24) is 5.32 Å². The quantitative estimate of drug-likeness (QED) is 0.303. The van der Waals surface area contributed by atoms with Crippen LogP contribution in [0.1, 0.15) is 12.5 Å². The Morgan fingerprint density at radius 3 is 2.41 bits per heavy atom. The summed E-state index contributed by atoms with van der Waals surface area (Å²) in [7, 11) is -4.07. The van der Waals surface area contributed by atoms with E-state index in [0.717, 1.165) is 5.69 Å². The smallest absolute Gasteiger partial charge is 0.339 e. The van der Waals surface area contributed by atoms with Crippen LogP contribution in [0.25, 0.3) is 6.08 Å². The molecule has 1 aliphatic rings. The third kappa shape index (κ3) is 5.69. The molecule has 3 aromatic carbocycles. The van der Waals surface area contributed by atoms with Crippen molar-refractivity contribution in [2.75, 3.05) is 6.61 Å². The molecule has 4 rings (SSSR count). The van der Waals surface area contributed by atoms with Crippen molar-refractivity contribution >= 4 is 60.6 Å². The van der Waals surface area contributed by atoms with E-state index in [1.807, 2.05) is 30.3 Å². The molecule has 174 valence electrons. The molecular weight excluding hydrogens is 540 g/mol. The summed E-state index contributed by atoms with van der Waals surface area (Å²) >= 11 is 4.60. The van der Waals surface area contributed by atoms with Crippen LogP contribution in [-0.2, 0) is 14.9 Å². The van der Waals surface area contributed by atoms with Crippen molar-refractivity contribution in [1.29, 1.82) is 0 Å². The molecule has 0 atom stereocenters. The van der Waals surface area contributed by atoms with Gasteiger partial charge >= 0.3 is 10.1 Å². The van der Waals surface area contributed by atoms with Crippen LogP contribution in [0.15, 0.2) is 92.1 Å². The third-order valence-electron chi connectivity index (χ3n) is 4.49. The molecule has 1 fully saturated rings. The van der Waals surface area contributed by atoms with Gasteiger partial charge < -0.3 is 14.2 Å². The second kappa shape index (κ2) is 10.5. The van der Waals surface area contributed by atoms with Crippen LogP contribution >= 0.6 is 27.7 Å². The summed E-state index contributed by atoms with van der Waals surface area (Å²) in [5, 5.41) is 3.22. The first-order chi connectivity index (χ1) is 16.4. The lowest BCUT2D eigenvalue weighted by molar-refractivity contribution is -0.115. The van der Waals surface area contributed by atoms with E-state index in [1.54, 1.807) is 43.3 Å². The molecule has 0 saturated carbocycles. The van der Waals surface area contributed by atoms with E-state index in [0.29, 0.717) is 20.1 Å². The number of carbonyl (C=O) groups is 1. The average Bonchev–Trinajstić information content (AvgIpc) is 3.16. The number of ether oxygens (including phenoxy) is 1. The highest BCUT2D eigenvalue weighted by atomic mass is 79.9. The minimum Gasteiger partial charge on any atom is -0.490 e. The Kier molecular flexibility index (Phi) is 7.40. The van der Waals surface area contributed by atoms with Crippen LogP contribution in [-0.4, -0.2) is 26.1 Å². The summed E-state index contributed by atoms with van der Waals surface area (Å²) < 4.78 is 36.9. The average molecular weight is 559 g/mol. The molecule has 1 saturated heterocycles. The molecule has 1 amide bonds. The van der Waals surface area contributed by atoms with Gasteiger partial charge in [0.15, 0.2) is 16.7 Å². The Balaban J connectivity index is 1.63. The predicted octanol–water partition coefficient (Wildman–Crippen LogP) is 5.51. The number of amidine groups is 1. The van der Waals surface area contributed by atoms with Crippen molar-refractivity contribution in [3.8, 4) is 11.5 Å². The van der Waals surface area contributed by atoms with E-state index in [9.17, 15) is 13.2 Å². The SMILES string of the molecule is CCOc1cc(/C=C2\SC(=Nc3ccccc3)NC2=O)cc(Br)c1OS(=O)(=O)c1ccccc1. The van der Waals surface area contributed by atoms with Crippen LogP contribution in [0.2, 0.25) is 0 Å². The zero-order valence-corrected chi connectivity index (χ0v) is 21.1. The number of nitrogens with zero attached hydrogens (tertiary/aromatic N) is 1. The van der Waals surface area contributed by atoms with Crippen molar-refractivity contribution < 1.29 is 22.1 Å². The highest BCUT2D eigenvalue weighted by molar-refractivity contribution is 9.10. The number of rotatable bonds is 7. The summed E-state index contributed by atoms with van der Waals surface area (Å²) in [6.45, 7) is 2.07. The second-order valence-electron chi connectivity index (χ2n) is 6.93. The van der Waals surface area contributed by atoms with E-state index in [1.165, 1.54) is 23.9 Å². The zero-order chi connectivity index (χ0) is 24.1. The van der Waals surface area contributed by atoms with Gasteiger partial charge in [-0.25, -0.2) is 4.99 Å². The lowest BCUT2D eigenvalue weighted by atomic mass is 10.2. The first kappa shape index (κ1) is 24.1. The second-order valence-corrected chi connectivity index (χ2v) is 10.4. The number of aliphatic imine (C=N–C) groups is 1. The zero-order valence-electron chi connectivity index (χ0n) is 17.9. The molecular formula is C24H19BrN2O5S2. The summed E-state index contributed by atoms with van der Waals surface area (Å²) in [6.07, 6.45) is 1.68. The van der Waals surface area contributed by atoms with Gasteiger partial charge in [0.25, 0.3) is 5.91 Å². The molecule has 0 bridgehead atoms. The van der Waals surface area contributed by atoms with Gasteiger partial charge in [0.1, 0.15) is 4.90 Å². The van der Waals surface area contributed by atoms with Crippen LogP contribution in [0, 0.1) is 0 Å². The number of hydrogen-bond donors (Lipinski definition) is 1. The molecule has 0 aromatic heterocycles. The van der Waals surface area contributed by atoms with Crippen molar-refractivity contribution in [3.63, 3.8) is 0 Å². The number of benzene rings is 3. The molecule has 1 aliphatic heterocycles. The molecule has 10 heteroatoms. The molecule has 1 N–H and O–H groups in total. The lowest BCUT2D eigenvalue weighted by Crippen LogP contribution is -2.19. The molecule has 7 nitrogen and oxygen atoms in total. The van der Waals surface area contributed by atoms with Crippen LogP contribution in [0.3, 0.4) is 0 Å². The minimum absolute atomic E-state index is 0.0276. The summed E-state index contributed by atoms with van der Waals surface area (Å²) in [5.74, 6) is -0.0201. The van der Waals surface area contributed by atoms with Crippen molar-refractivity contribution in [2.24, 2.45) is 4.99 Å². The van der Waals surface area contributed by atoms with Crippen molar-refractivity contribution in [2.45, 2.75) is 11.8 Å². The van der Waals surface area contributed by atoms with E-state index < -0.39 is 10.1 Å². The van der Waals surface area contributed by atoms with Crippen LogP contribution < -0.4 is 14.2 Å². The number of thioether (sulfide) groups is 1. The number of nitrogens with one attached hydrogen (secondary N) is 1.